The van der Waals surface area contributed by atoms with Gasteiger partial charge < -0.3 is 5.32 Å². The third-order valence-corrected chi connectivity index (χ3v) is 6.53. The summed E-state index contributed by atoms with van der Waals surface area (Å²) in [5.74, 6) is -0.168. The van der Waals surface area contributed by atoms with Gasteiger partial charge in [-0.25, -0.2) is 8.42 Å². The molecular weight excluding hydrogens is 372 g/mol. The van der Waals surface area contributed by atoms with Crippen LogP contribution in [0.15, 0.2) is 53.4 Å². The first kappa shape index (κ1) is 18.9. The van der Waals surface area contributed by atoms with Crippen molar-refractivity contribution in [2.24, 2.45) is 0 Å². The molecule has 1 aliphatic heterocycles. The molecule has 0 spiro atoms. The Morgan fingerprint density at radius 2 is 1.58 bits per heavy atom. The molecule has 0 unspecified atom stereocenters. The van der Waals surface area contributed by atoms with Gasteiger partial charge in [0.15, 0.2) is 0 Å². The fourth-order valence-corrected chi connectivity index (χ4v) is 4.60. The average Bonchev–Trinajstić information content (AvgIpc) is 2.65. The maximum Gasteiger partial charge on any atom is 0.243 e. The highest BCUT2D eigenvalue weighted by Gasteiger charge is 2.25. The second-order valence-electron chi connectivity index (χ2n) is 6.34. The highest BCUT2D eigenvalue weighted by Crippen LogP contribution is 2.21. The molecular formula is C19H21ClN2O3S. The monoisotopic (exact) mass is 392 g/mol. The van der Waals surface area contributed by atoms with E-state index in [9.17, 15) is 13.2 Å². The van der Waals surface area contributed by atoms with E-state index >= 15 is 0 Å². The summed E-state index contributed by atoms with van der Waals surface area (Å²) in [6.07, 6.45) is 3.06. The Labute approximate surface area is 159 Å². The normalized spacial score (nSPS) is 15.6. The van der Waals surface area contributed by atoms with Crippen molar-refractivity contribution in [2.75, 3.05) is 18.4 Å². The smallest absolute Gasteiger partial charge is 0.243 e. The van der Waals surface area contributed by atoms with E-state index in [2.05, 4.69) is 5.32 Å². The standard InChI is InChI=1S/C19H21ClN2O3S/c20-16-6-8-17(9-7-16)21-19(23)14-15-4-10-18(11-5-15)26(24,25)22-12-2-1-3-13-22/h4-11H,1-3,12-14H2,(H,21,23). The fourth-order valence-electron chi connectivity index (χ4n) is 2.96. The van der Waals surface area contributed by atoms with Crippen molar-refractivity contribution in [1.82, 2.24) is 4.31 Å². The molecule has 138 valence electrons. The molecule has 1 aliphatic rings. The van der Waals surface area contributed by atoms with E-state index < -0.39 is 10.0 Å². The van der Waals surface area contributed by atoms with Crippen LogP contribution in [-0.2, 0) is 21.2 Å². The van der Waals surface area contributed by atoms with Crippen molar-refractivity contribution in [3.63, 3.8) is 0 Å². The number of halogens is 1. The molecule has 2 aromatic rings. The summed E-state index contributed by atoms with van der Waals surface area (Å²) in [6.45, 7) is 1.15. The maximum atomic E-state index is 12.6. The predicted molar refractivity (Wildman–Crippen MR) is 103 cm³/mol. The van der Waals surface area contributed by atoms with Crippen LogP contribution in [-0.4, -0.2) is 31.7 Å². The molecule has 26 heavy (non-hydrogen) atoms. The van der Waals surface area contributed by atoms with Gasteiger partial charge in [-0.05, 0) is 54.8 Å². The molecule has 1 fully saturated rings. The Morgan fingerprint density at radius 3 is 2.19 bits per heavy atom. The van der Waals surface area contributed by atoms with Crippen LogP contribution in [0.2, 0.25) is 5.02 Å². The molecule has 0 atom stereocenters. The number of carbonyl (C=O) groups is 1. The van der Waals surface area contributed by atoms with E-state index in [-0.39, 0.29) is 17.2 Å². The first-order valence-electron chi connectivity index (χ1n) is 8.60. The van der Waals surface area contributed by atoms with E-state index in [1.165, 1.54) is 0 Å². The van der Waals surface area contributed by atoms with Gasteiger partial charge in [0.05, 0.1) is 11.3 Å². The van der Waals surface area contributed by atoms with Gasteiger partial charge in [0.25, 0.3) is 0 Å². The quantitative estimate of drug-likeness (QED) is 0.843. The van der Waals surface area contributed by atoms with Crippen molar-refractivity contribution in [3.8, 4) is 0 Å². The highest BCUT2D eigenvalue weighted by molar-refractivity contribution is 7.89. The zero-order valence-electron chi connectivity index (χ0n) is 14.3. The van der Waals surface area contributed by atoms with E-state index in [4.69, 9.17) is 11.6 Å². The SMILES string of the molecule is O=C(Cc1ccc(S(=O)(=O)N2CCCCC2)cc1)Nc1ccc(Cl)cc1. The fraction of sp³-hybridized carbons (Fsp3) is 0.316. The van der Waals surface area contributed by atoms with Crippen molar-refractivity contribution >= 4 is 33.2 Å². The van der Waals surface area contributed by atoms with Gasteiger partial charge in [0, 0.05) is 23.8 Å². The number of benzene rings is 2. The van der Waals surface area contributed by atoms with Crippen molar-refractivity contribution in [2.45, 2.75) is 30.6 Å². The van der Waals surface area contributed by atoms with E-state index in [1.807, 2.05) is 0 Å². The van der Waals surface area contributed by atoms with Crippen LogP contribution < -0.4 is 5.32 Å². The number of nitrogens with one attached hydrogen (secondary N) is 1. The number of amides is 1. The summed E-state index contributed by atoms with van der Waals surface area (Å²) in [6, 6.07) is 13.4. The lowest BCUT2D eigenvalue weighted by Gasteiger charge is -2.25. The molecule has 5 nitrogen and oxygen atoms in total. The first-order chi connectivity index (χ1) is 12.4. The molecule has 0 radical (unpaired) electrons. The molecule has 3 rings (SSSR count). The third kappa shape index (κ3) is 4.63. The molecule has 1 heterocycles. The number of carbonyl (C=O) groups excluding carboxylic acids is 1. The maximum absolute atomic E-state index is 12.6. The van der Waals surface area contributed by atoms with Gasteiger partial charge in [-0.1, -0.05) is 30.2 Å². The number of anilines is 1. The van der Waals surface area contributed by atoms with Crippen LogP contribution in [0.4, 0.5) is 5.69 Å². The Kier molecular flexibility index (Phi) is 5.96. The largest absolute Gasteiger partial charge is 0.326 e. The van der Waals surface area contributed by atoms with Gasteiger partial charge in [-0.3, -0.25) is 4.79 Å². The van der Waals surface area contributed by atoms with Crippen LogP contribution in [0.25, 0.3) is 0 Å². The van der Waals surface area contributed by atoms with Crippen LogP contribution in [0.3, 0.4) is 0 Å². The molecule has 1 saturated heterocycles. The number of sulfonamides is 1. The van der Waals surface area contributed by atoms with Crippen LogP contribution in [0, 0.1) is 0 Å². The van der Waals surface area contributed by atoms with E-state index in [1.54, 1.807) is 52.8 Å². The van der Waals surface area contributed by atoms with Gasteiger partial charge in [-0.15, -0.1) is 0 Å². The molecule has 2 aromatic carbocycles. The van der Waals surface area contributed by atoms with Gasteiger partial charge in [0.2, 0.25) is 15.9 Å². The second-order valence-corrected chi connectivity index (χ2v) is 8.71. The number of hydrogen-bond acceptors (Lipinski definition) is 3. The lowest BCUT2D eigenvalue weighted by atomic mass is 10.1. The molecule has 1 amide bonds. The lowest BCUT2D eigenvalue weighted by Crippen LogP contribution is -2.35. The number of rotatable bonds is 5. The summed E-state index contributed by atoms with van der Waals surface area (Å²) >= 11 is 5.82. The summed E-state index contributed by atoms with van der Waals surface area (Å²) in [4.78, 5) is 12.4. The molecule has 1 N–H and O–H groups in total. The summed E-state index contributed by atoms with van der Waals surface area (Å²) < 4.78 is 26.8. The van der Waals surface area contributed by atoms with Gasteiger partial charge >= 0.3 is 0 Å². The van der Waals surface area contributed by atoms with Crippen molar-refractivity contribution < 1.29 is 13.2 Å². The Bertz CT molecular complexity index is 859. The Morgan fingerprint density at radius 1 is 0.962 bits per heavy atom. The number of hydrogen-bond donors (Lipinski definition) is 1. The first-order valence-corrected chi connectivity index (χ1v) is 10.4. The molecule has 0 aliphatic carbocycles. The Balaban J connectivity index is 1.63. The zero-order valence-corrected chi connectivity index (χ0v) is 15.9. The van der Waals surface area contributed by atoms with Crippen molar-refractivity contribution in [3.05, 3.63) is 59.1 Å². The molecule has 0 saturated carbocycles. The van der Waals surface area contributed by atoms with Crippen molar-refractivity contribution in [1.29, 1.82) is 0 Å². The summed E-state index contributed by atoms with van der Waals surface area (Å²) in [5.41, 5.74) is 1.43. The lowest BCUT2D eigenvalue weighted by molar-refractivity contribution is -0.115. The second kappa shape index (κ2) is 8.20. The van der Waals surface area contributed by atoms with Crippen LogP contribution in [0.1, 0.15) is 24.8 Å². The summed E-state index contributed by atoms with van der Waals surface area (Å²) in [5, 5.41) is 3.40. The minimum atomic E-state index is -3.44. The van der Waals surface area contributed by atoms with Gasteiger partial charge in [-0.2, -0.15) is 4.31 Å². The third-order valence-electron chi connectivity index (χ3n) is 4.37. The minimum absolute atomic E-state index is 0.168. The van der Waals surface area contributed by atoms with E-state index in [0.717, 1.165) is 24.8 Å². The number of piperidine rings is 1. The Hall–Kier alpha value is -1.89. The molecule has 7 heteroatoms. The van der Waals surface area contributed by atoms with Crippen LogP contribution in [0.5, 0.6) is 0 Å². The molecule has 0 bridgehead atoms. The van der Waals surface area contributed by atoms with Gasteiger partial charge in [0.1, 0.15) is 0 Å². The number of nitrogens with zero attached hydrogens (tertiary/aromatic N) is 1. The minimum Gasteiger partial charge on any atom is -0.326 e. The highest BCUT2D eigenvalue weighted by atomic mass is 35.5. The zero-order chi connectivity index (χ0) is 18.6. The summed E-state index contributed by atoms with van der Waals surface area (Å²) in [7, 11) is -3.44. The predicted octanol–water partition coefficient (Wildman–Crippen LogP) is 3.70. The topological polar surface area (TPSA) is 66.5 Å². The average molecular weight is 393 g/mol. The van der Waals surface area contributed by atoms with E-state index in [0.29, 0.717) is 23.8 Å². The molecule has 0 aromatic heterocycles. The van der Waals surface area contributed by atoms with Crippen LogP contribution >= 0.6 is 11.6 Å².